The third-order valence-electron chi connectivity index (χ3n) is 5.11. The van der Waals surface area contributed by atoms with E-state index >= 15 is 0 Å². The van der Waals surface area contributed by atoms with Crippen LogP contribution >= 0.6 is 0 Å². The molecule has 0 atom stereocenters. The Kier molecular flexibility index (Phi) is 6.00. The molecule has 0 bridgehead atoms. The molecule has 3 rings (SSSR count). The molecule has 1 aliphatic carbocycles. The van der Waals surface area contributed by atoms with Gasteiger partial charge in [0.25, 0.3) is 5.56 Å². The molecule has 0 aliphatic heterocycles. The molecule has 1 fully saturated rings. The van der Waals surface area contributed by atoms with Crippen molar-refractivity contribution >= 4 is 21.3 Å². The molecule has 0 saturated heterocycles. The molecule has 0 spiro atoms. The zero-order valence-electron chi connectivity index (χ0n) is 17.2. The summed E-state index contributed by atoms with van der Waals surface area (Å²) in [6.45, 7) is 4.93. The van der Waals surface area contributed by atoms with Gasteiger partial charge in [-0.15, -0.1) is 0 Å². The Labute approximate surface area is 170 Å². The third kappa shape index (κ3) is 4.30. The minimum atomic E-state index is -3.51. The van der Waals surface area contributed by atoms with Crippen molar-refractivity contribution < 1.29 is 17.9 Å². The van der Waals surface area contributed by atoms with Crippen molar-refractivity contribution in [3.63, 3.8) is 0 Å². The van der Waals surface area contributed by atoms with Crippen LogP contribution in [0.5, 0.6) is 0 Å². The van der Waals surface area contributed by atoms with E-state index < -0.39 is 9.84 Å². The maximum atomic E-state index is 13.3. The van der Waals surface area contributed by atoms with Crippen LogP contribution in [0.1, 0.15) is 52.9 Å². The number of ketones is 1. The van der Waals surface area contributed by atoms with E-state index in [4.69, 9.17) is 4.74 Å². The molecule has 1 aromatic heterocycles. The fourth-order valence-electron chi connectivity index (χ4n) is 3.45. The summed E-state index contributed by atoms with van der Waals surface area (Å²) >= 11 is 0. The highest BCUT2D eigenvalue weighted by molar-refractivity contribution is 7.90. The molecule has 158 valence electrons. The smallest absolute Gasteiger partial charge is 0.277 e. The number of sulfone groups is 1. The van der Waals surface area contributed by atoms with Crippen LogP contribution < -0.4 is 10.9 Å². The van der Waals surface area contributed by atoms with Crippen LogP contribution in [0.25, 0.3) is 0 Å². The molecule has 8 nitrogen and oxygen atoms in total. The quantitative estimate of drug-likeness (QED) is 0.473. The number of nitrogens with one attached hydrogen (secondary N) is 2. The van der Waals surface area contributed by atoms with Crippen molar-refractivity contribution in [2.75, 3.05) is 31.3 Å². The summed E-state index contributed by atoms with van der Waals surface area (Å²) in [5.74, 6) is -0.193. The van der Waals surface area contributed by atoms with Crippen LogP contribution in [0.15, 0.2) is 21.8 Å². The summed E-state index contributed by atoms with van der Waals surface area (Å²) < 4.78 is 31.1. The number of hydrogen-bond acceptors (Lipinski definition) is 6. The lowest BCUT2D eigenvalue weighted by Gasteiger charge is -2.16. The molecule has 1 heterocycles. The summed E-state index contributed by atoms with van der Waals surface area (Å²) in [7, 11) is -1.92. The van der Waals surface area contributed by atoms with Crippen LogP contribution in [0.4, 0.5) is 5.69 Å². The van der Waals surface area contributed by atoms with Crippen molar-refractivity contribution in [3.8, 4) is 0 Å². The van der Waals surface area contributed by atoms with Crippen LogP contribution in [-0.2, 0) is 21.6 Å². The summed E-state index contributed by atoms with van der Waals surface area (Å²) in [5, 5.41) is 6.09. The predicted octanol–water partition coefficient (Wildman–Crippen LogP) is 1.98. The van der Waals surface area contributed by atoms with E-state index in [0.29, 0.717) is 42.3 Å². The van der Waals surface area contributed by atoms with Crippen molar-refractivity contribution in [2.45, 2.75) is 37.5 Å². The SMILES string of the molecule is CCOCCNc1c(S(C)(=O)=O)ccc(C(=O)c2c(C3CC3)[nH]n(C)c2=O)c1C. The zero-order valence-corrected chi connectivity index (χ0v) is 18.0. The van der Waals surface area contributed by atoms with Crippen molar-refractivity contribution in [1.29, 1.82) is 0 Å². The van der Waals surface area contributed by atoms with Gasteiger partial charge in [-0.1, -0.05) is 0 Å². The number of hydrogen-bond donors (Lipinski definition) is 2. The molecule has 0 radical (unpaired) electrons. The second-order valence-electron chi connectivity index (χ2n) is 7.38. The number of H-pyrrole nitrogens is 1. The second-order valence-corrected chi connectivity index (χ2v) is 9.36. The van der Waals surface area contributed by atoms with Crippen LogP contribution in [-0.4, -0.2) is 50.0 Å². The molecule has 0 unspecified atom stereocenters. The van der Waals surface area contributed by atoms with E-state index in [9.17, 15) is 18.0 Å². The second kappa shape index (κ2) is 8.16. The number of carbonyl (C=O) groups excluding carboxylic acids is 1. The average molecular weight is 422 g/mol. The number of anilines is 1. The van der Waals surface area contributed by atoms with E-state index in [1.807, 2.05) is 6.92 Å². The number of benzene rings is 1. The third-order valence-corrected chi connectivity index (χ3v) is 6.25. The Morgan fingerprint density at radius 3 is 2.62 bits per heavy atom. The monoisotopic (exact) mass is 421 g/mol. The van der Waals surface area contributed by atoms with Crippen LogP contribution in [0.2, 0.25) is 0 Å². The van der Waals surface area contributed by atoms with Crippen molar-refractivity contribution in [1.82, 2.24) is 9.78 Å². The molecule has 2 N–H and O–H groups in total. The van der Waals surface area contributed by atoms with Gasteiger partial charge >= 0.3 is 0 Å². The standard InChI is InChI=1S/C20H27N3O5S/c1-5-28-11-10-21-17-12(2)14(8-9-15(17)29(4,26)27)19(24)16-18(13-6-7-13)22-23(3)20(16)25/h8-9,13,21-22H,5-7,10-11H2,1-4H3. The highest BCUT2D eigenvalue weighted by Crippen LogP contribution is 2.40. The number of aromatic nitrogens is 2. The Balaban J connectivity index is 2.06. The molecule has 0 amide bonds. The largest absolute Gasteiger partial charge is 0.381 e. The number of aryl methyl sites for hydroxylation is 1. The van der Waals surface area contributed by atoms with E-state index in [0.717, 1.165) is 19.1 Å². The van der Waals surface area contributed by atoms with Gasteiger partial charge in [0, 0.05) is 37.9 Å². The van der Waals surface area contributed by atoms with Gasteiger partial charge in [0.2, 0.25) is 5.78 Å². The van der Waals surface area contributed by atoms with Gasteiger partial charge in [-0.2, -0.15) is 0 Å². The molecule has 1 saturated carbocycles. The molecular weight excluding hydrogens is 394 g/mol. The van der Waals surface area contributed by atoms with Gasteiger partial charge in [0.1, 0.15) is 5.56 Å². The van der Waals surface area contributed by atoms with Crippen molar-refractivity contribution in [3.05, 3.63) is 44.9 Å². The lowest BCUT2D eigenvalue weighted by molar-refractivity contribution is 0.103. The van der Waals surface area contributed by atoms with E-state index in [1.54, 1.807) is 14.0 Å². The number of rotatable bonds is 9. The molecule has 29 heavy (non-hydrogen) atoms. The van der Waals surface area contributed by atoms with Crippen LogP contribution in [0.3, 0.4) is 0 Å². The Morgan fingerprint density at radius 2 is 2.03 bits per heavy atom. The minimum Gasteiger partial charge on any atom is -0.381 e. The fraction of sp³-hybridized carbons (Fsp3) is 0.500. The number of nitrogens with zero attached hydrogens (tertiary/aromatic N) is 1. The number of aromatic amines is 1. The van der Waals surface area contributed by atoms with Gasteiger partial charge in [-0.25, -0.2) is 8.42 Å². The van der Waals surface area contributed by atoms with Gasteiger partial charge in [-0.05, 0) is 44.4 Å². The Bertz CT molecular complexity index is 1090. The van der Waals surface area contributed by atoms with E-state index in [-0.39, 0.29) is 27.7 Å². The number of carbonyl (C=O) groups is 1. The normalized spacial score (nSPS) is 14.2. The summed E-state index contributed by atoms with van der Waals surface area (Å²) in [4.78, 5) is 26.0. The Hall–Kier alpha value is -2.39. The predicted molar refractivity (Wildman–Crippen MR) is 111 cm³/mol. The lowest BCUT2D eigenvalue weighted by Crippen LogP contribution is -2.21. The Morgan fingerprint density at radius 1 is 1.34 bits per heavy atom. The summed E-state index contributed by atoms with van der Waals surface area (Å²) in [6, 6.07) is 2.91. The van der Waals surface area contributed by atoms with Crippen molar-refractivity contribution in [2.24, 2.45) is 7.05 Å². The first-order valence-electron chi connectivity index (χ1n) is 9.65. The highest BCUT2D eigenvalue weighted by Gasteiger charge is 2.34. The van der Waals surface area contributed by atoms with Gasteiger partial charge in [0.05, 0.1) is 22.9 Å². The summed E-state index contributed by atoms with van der Waals surface area (Å²) in [5.41, 5.74) is 1.63. The molecular formula is C20H27N3O5S. The molecule has 9 heteroatoms. The zero-order chi connectivity index (χ0) is 21.3. The fourth-order valence-corrected chi connectivity index (χ4v) is 4.36. The summed E-state index contributed by atoms with van der Waals surface area (Å²) in [6.07, 6.45) is 3.01. The van der Waals surface area contributed by atoms with E-state index in [1.165, 1.54) is 16.8 Å². The first kappa shape index (κ1) is 21.3. The van der Waals surface area contributed by atoms with Gasteiger partial charge < -0.3 is 10.1 Å². The molecule has 1 aromatic carbocycles. The first-order valence-corrected chi connectivity index (χ1v) is 11.5. The molecule has 1 aliphatic rings. The average Bonchev–Trinajstić information content (AvgIpc) is 3.45. The first-order chi connectivity index (χ1) is 13.7. The lowest BCUT2D eigenvalue weighted by atomic mass is 9.97. The minimum absolute atomic E-state index is 0.118. The van der Waals surface area contributed by atoms with Gasteiger partial charge in [0.15, 0.2) is 9.84 Å². The van der Waals surface area contributed by atoms with E-state index in [2.05, 4.69) is 10.4 Å². The topological polar surface area (TPSA) is 110 Å². The maximum Gasteiger partial charge on any atom is 0.277 e. The van der Waals surface area contributed by atoms with Gasteiger partial charge in [-0.3, -0.25) is 19.4 Å². The van der Waals surface area contributed by atoms with Crippen LogP contribution in [0, 0.1) is 6.92 Å². The number of ether oxygens (including phenoxy) is 1. The molecule has 2 aromatic rings. The maximum absolute atomic E-state index is 13.3. The highest BCUT2D eigenvalue weighted by atomic mass is 32.2.